The second-order valence-electron chi connectivity index (χ2n) is 4.87. The van der Waals surface area contributed by atoms with E-state index in [9.17, 15) is 4.79 Å². The number of nitrogens with zero attached hydrogens (tertiary/aromatic N) is 1. The zero-order valence-electron chi connectivity index (χ0n) is 11.3. The molecule has 100 valence electrons. The van der Waals surface area contributed by atoms with Crippen molar-refractivity contribution >= 4 is 17.3 Å². The molecule has 0 N–H and O–H groups in total. The largest absolute Gasteiger partial charge is 0.466 e. The highest BCUT2D eigenvalue weighted by Crippen LogP contribution is 2.33. The van der Waals surface area contributed by atoms with Crippen molar-refractivity contribution < 1.29 is 9.53 Å². The lowest BCUT2D eigenvalue weighted by molar-refractivity contribution is -0.148. The van der Waals surface area contributed by atoms with E-state index in [-0.39, 0.29) is 11.9 Å². The maximum Gasteiger partial charge on any atom is 0.309 e. The van der Waals surface area contributed by atoms with Crippen LogP contribution >= 0.6 is 11.3 Å². The van der Waals surface area contributed by atoms with E-state index in [0.29, 0.717) is 12.6 Å². The fourth-order valence-electron chi connectivity index (χ4n) is 2.52. The molecule has 1 aliphatic rings. The summed E-state index contributed by atoms with van der Waals surface area (Å²) in [6, 6.07) is 2.63. The average Bonchev–Trinajstić information content (AvgIpc) is 2.82. The van der Waals surface area contributed by atoms with Crippen LogP contribution in [-0.4, -0.2) is 30.6 Å². The van der Waals surface area contributed by atoms with Gasteiger partial charge in [-0.3, -0.25) is 9.69 Å². The van der Waals surface area contributed by atoms with Crippen LogP contribution in [0, 0.1) is 5.92 Å². The number of ether oxygens (including phenoxy) is 1. The van der Waals surface area contributed by atoms with Crippen LogP contribution in [0.4, 0.5) is 0 Å². The smallest absolute Gasteiger partial charge is 0.309 e. The van der Waals surface area contributed by atoms with Gasteiger partial charge in [0.1, 0.15) is 0 Å². The molecule has 3 nitrogen and oxygen atoms in total. The van der Waals surface area contributed by atoms with Crippen LogP contribution in [0.3, 0.4) is 0 Å². The van der Waals surface area contributed by atoms with Gasteiger partial charge in [0.25, 0.3) is 0 Å². The molecule has 0 aromatic carbocycles. The van der Waals surface area contributed by atoms with Gasteiger partial charge < -0.3 is 4.74 Å². The summed E-state index contributed by atoms with van der Waals surface area (Å²) in [5.74, 6) is -0.131. The molecule has 0 spiro atoms. The number of carbonyl (C=O) groups excluding carboxylic acids is 1. The Kier molecular flexibility index (Phi) is 4.40. The Labute approximate surface area is 113 Å². The van der Waals surface area contributed by atoms with Crippen molar-refractivity contribution in [3.63, 3.8) is 0 Å². The van der Waals surface area contributed by atoms with Gasteiger partial charge in [-0.15, -0.1) is 11.3 Å². The number of hydrogen-bond acceptors (Lipinski definition) is 4. The third-order valence-corrected chi connectivity index (χ3v) is 4.60. The van der Waals surface area contributed by atoms with E-state index in [2.05, 4.69) is 23.3 Å². The van der Waals surface area contributed by atoms with Crippen LogP contribution in [-0.2, 0) is 16.0 Å². The quantitative estimate of drug-likeness (QED) is 0.786. The summed E-state index contributed by atoms with van der Waals surface area (Å²) in [6.07, 6.45) is 1.10. The zero-order chi connectivity index (χ0) is 13.1. The predicted molar refractivity (Wildman–Crippen MR) is 73.8 cm³/mol. The third-order valence-electron chi connectivity index (χ3n) is 3.60. The van der Waals surface area contributed by atoms with Crippen molar-refractivity contribution in [1.82, 2.24) is 4.90 Å². The van der Waals surface area contributed by atoms with E-state index in [1.165, 1.54) is 10.4 Å². The molecule has 0 fully saturated rings. The van der Waals surface area contributed by atoms with Crippen molar-refractivity contribution in [3.05, 3.63) is 21.9 Å². The summed E-state index contributed by atoms with van der Waals surface area (Å²) in [6.45, 7) is 8.32. The molecular formula is C14H21NO2S. The van der Waals surface area contributed by atoms with Gasteiger partial charge in [-0.05, 0) is 37.3 Å². The Morgan fingerprint density at radius 3 is 3.17 bits per heavy atom. The molecule has 1 aliphatic heterocycles. The summed E-state index contributed by atoms with van der Waals surface area (Å²) in [5, 5.41) is 2.17. The molecule has 0 saturated heterocycles. The fraction of sp³-hybridized carbons (Fsp3) is 0.643. The molecule has 0 amide bonds. The molecule has 2 heterocycles. The monoisotopic (exact) mass is 267 g/mol. The number of fused-ring (bicyclic) bond motifs is 1. The second kappa shape index (κ2) is 5.85. The lowest BCUT2D eigenvalue weighted by Crippen LogP contribution is -2.38. The Bertz CT molecular complexity index is 416. The van der Waals surface area contributed by atoms with Gasteiger partial charge in [0, 0.05) is 24.0 Å². The van der Waals surface area contributed by atoms with Crippen molar-refractivity contribution in [2.75, 3.05) is 19.7 Å². The van der Waals surface area contributed by atoms with Gasteiger partial charge in [-0.2, -0.15) is 0 Å². The first-order chi connectivity index (χ1) is 8.63. The van der Waals surface area contributed by atoms with Gasteiger partial charge in [0.15, 0.2) is 0 Å². The topological polar surface area (TPSA) is 29.5 Å². The SMILES string of the molecule is CCOC(=O)C(C)CN1CCc2sccc2C1C. The molecule has 0 aliphatic carbocycles. The predicted octanol–water partition coefficient (Wildman–Crippen LogP) is 2.87. The van der Waals surface area contributed by atoms with Crippen LogP contribution in [0.1, 0.15) is 37.3 Å². The van der Waals surface area contributed by atoms with E-state index in [0.717, 1.165) is 19.5 Å². The van der Waals surface area contributed by atoms with E-state index in [4.69, 9.17) is 4.74 Å². The van der Waals surface area contributed by atoms with Crippen molar-refractivity contribution in [3.8, 4) is 0 Å². The summed E-state index contributed by atoms with van der Waals surface area (Å²) >= 11 is 1.85. The average molecular weight is 267 g/mol. The summed E-state index contributed by atoms with van der Waals surface area (Å²) in [7, 11) is 0. The third kappa shape index (κ3) is 2.75. The molecule has 2 atom stereocenters. The van der Waals surface area contributed by atoms with Crippen LogP contribution in [0.15, 0.2) is 11.4 Å². The van der Waals surface area contributed by atoms with Gasteiger partial charge in [0.05, 0.1) is 12.5 Å². The minimum absolute atomic E-state index is 0.0485. The maximum atomic E-state index is 11.7. The Morgan fingerprint density at radius 2 is 2.44 bits per heavy atom. The van der Waals surface area contributed by atoms with Crippen molar-refractivity contribution in [1.29, 1.82) is 0 Å². The molecule has 1 aromatic heterocycles. The molecular weight excluding hydrogens is 246 g/mol. The molecule has 2 rings (SSSR count). The van der Waals surface area contributed by atoms with Crippen molar-refractivity contribution in [2.45, 2.75) is 33.2 Å². The first-order valence-corrected chi connectivity index (χ1v) is 7.48. The van der Waals surface area contributed by atoms with Gasteiger partial charge in [-0.1, -0.05) is 6.92 Å². The van der Waals surface area contributed by atoms with Crippen molar-refractivity contribution in [2.24, 2.45) is 5.92 Å². The minimum atomic E-state index is -0.0826. The van der Waals surface area contributed by atoms with E-state index < -0.39 is 0 Å². The Balaban J connectivity index is 1.97. The van der Waals surface area contributed by atoms with Gasteiger partial charge in [-0.25, -0.2) is 0 Å². The highest BCUT2D eigenvalue weighted by Gasteiger charge is 2.27. The lowest BCUT2D eigenvalue weighted by Gasteiger charge is -2.34. The summed E-state index contributed by atoms with van der Waals surface area (Å²) < 4.78 is 5.07. The molecule has 4 heteroatoms. The maximum absolute atomic E-state index is 11.7. The second-order valence-corrected chi connectivity index (χ2v) is 5.87. The highest BCUT2D eigenvalue weighted by atomic mass is 32.1. The van der Waals surface area contributed by atoms with E-state index in [1.54, 1.807) is 0 Å². The number of esters is 1. The first kappa shape index (κ1) is 13.6. The van der Waals surface area contributed by atoms with Crippen LogP contribution < -0.4 is 0 Å². The van der Waals surface area contributed by atoms with Crippen LogP contribution in [0.2, 0.25) is 0 Å². The van der Waals surface area contributed by atoms with Gasteiger partial charge in [0.2, 0.25) is 0 Å². The summed E-state index contributed by atoms with van der Waals surface area (Å²) in [5.41, 5.74) is 1.43. The molecule has 1 aromatic rings. The molecule has 18 heavy (non-hydrogen) atoms. The first-order valence-electron chi connectivity index (χ1n) is 6.60. The normalized spacial score (nSPS) is 21.4. The summed E-state index contributed by atoms with van der Waals surface area (Å²) in [4.78, 5) is 15.6. The minimum Gasteiger partial charge on any atom is -0.466 e. The lowest BCUT2D eigenvalue weighted by atomic mass is 10.00. The van der Waals surface area contributed by atoms with Crippen LogP contribution in [0.25, 0.3) is 0 Å². The van der Waals surface area contributed by atoms with E-state index >= 15 is 0 Å². The van der Waals surface area contributed by atoms with Gasteiger partial charge >= 0.3 is 5.97 Å². The molecule has 2 unspecified atom stereocenters. The highest BCUT2D eigenvalue weighted by molar-refractivity contribution is 7.10. The fourth-order valence-corrected chi connectivity index (χ4v) is 3.48. The zero-order valence-corrected chi connectivity index (χ0v) is 12.1. The standard InChI is InChI=1S/C14H21NO2S/c1-4-17-14(16)10(2)9-15-7-5-13-12(11(15)3)6-8-18-13/h6,8,10-11H,4-5,7,9H2,1-3H3. The van der Waals surface area contributed by atoms with Crippen LogP contribution in [0.5, 0.6) is 0 Å². The Morgan fingerprint density at radius 1 is 1.67 bits per heavy atom. The molecule has 0 saturated carbocycles. The number of carbonyl (C=O) groups is 1. The van der Waals surface area contributed by atoms with E-state index in [1.807, 2.05) is 25.2 Å². The Hall–Kier alpha value is -0.870. The number of hydrogen-bond donors (Lipinski definition) is 0. The molecule has 0 bridgehead atoms. The number of thiophene rings is 1. The number of rotatable bonds is 4. The molecule has 0 radical (unpaired) electrons.